The molecule has 2 fully saturated rings. The number of rotatable bonds is 7. The van der Waals surface area contributed by atoms with Crippen LogP contribution in [0.1, 0.15) is 31.2 Å². The third kappa shape index (κ3) is 5.44. The molecule has 8 heteroatoms. The summed E-state index contributed by atoms with van der Waals surface area (Å²) in [6.45, 7) is 1.79. The minimum absolute atomic E-state index is 0. The Labute approximate surface area is 149 Å². The summed E-state index contributed by atoms with van der Waals surface area (Å²) < 4.78 is 26.8. The standard InChI is InChI=1S/C16H23N3O3S.ClH/c20-16(18-14-9-10-17-11-14)8-3-12-1-6-15(7-2-12)23(21,22)19-13-4-5-13;/h1-2,6-7,13-14,17,19H,3-5,8-11H2,(H,18,20);1H. The number of hydrogen-bond donors (Lipinski definition) is 3. The van der Waals surface area contributed by atoms with E-state index in [-0.39, 0.29) is 35.3 Å². The second-order valence-electron chi connectivity index (χ2n) is 6.30. The van der Waals surface area contributed by atoms with E-state index in [0.717, 1.165) is 37.9 Å². The molecule has 24 heavy (non-hydrogen) atoms. The summed E-state index contributed by atoms with van der Waals surface area (Å²) in [4.78, 5) is 12.2. The van der Waals surface area contributed by atoms with Gasteiger partial charge < -0.3 is 10.6 Å². The highest BCUT2D eigenvalue weighted by Gasteiger charge is 2.27. The van der Waals surface area contributed by atoms with E-state index in [4.69, 9.17) is 0 Å². The van der Waals surface area contributed by atoms with E-state index < -0.39 is 10.0 Å². The molecule has 0 spiro atoms. The monoisotopic (exact) mass is 373 g/mol. The number of amides is 1. The summed E-state index contributed by atoms with van der Waals surface area (Å²) in [5, 5.41) is 6.22. The van der Waals surface area contributed by atoms with Crippen molar-refractivity contribution in [3.05, 3.63) is 29.8 Å². The van der Waals surface area contributed by atoms with E-state index in [1.165, 1.54) is 0 Å². The average Bonchev–Trinajstić information content (AvgIpc) is 3.17. The molecule has 1 aliphatic heterocycles. The Morgan fingerprint density at radius 1 is 1.12 bits per heavy atom. The molecule has 0 radical (unpaired) electrons. The van der Waals surface area contributed by atoms with Crippen molar-refractivity contribution in [2.24, 2.45) is 0 Å². The Hall–Kier alpha value is -1.15. The summed E-state index contributed by atoms with van der Waals surface area (Å²) in [5.41, 5.74) is 0.968. The number of aryl methyl sites for hydroxylation is 1. The molecule has 1 saturated carbocycles. The van der Waals surface area contributed by atoms with Crippen LogP contribution in [0.2, 0.25) is 0 Å². The zero-order valence-electron chi connectivity index (χ0n) is 13.5. The molecular weight excluding hydrogens is 350 g/mol. The van der Waals surface area contributed by atoms with Gasteiger partial charge in [-0.3, -0.25) is 4.79 Å². The summed E-state index contributed by atoms with van der Waals surface area (Å²) in [6, 6.07) is 7.13. The van der Waals surface area contributed by atoms with Crippen LogP contribution < -0.4 is 15.4 Å². The topological polar surface area (TPSA) is 87.3 Å². The maximum atomic E-state index is 12.1. The molecule has 1 heterocycles. The van der Waals surface area contributed by atoms with Gasteiger partial charge in [-0.1, -0.05) is 12.1 Å². The fourth-order valence-electron chi connectivity index (χ4n) is 2.66. The van der Waals surface area contributed by atoms with E-state index in [2.05, 4.69) is 15.4 Å². The molecule has 1 aromatic rings. The molecule has 3 rings (SSSR count). The van der Waals surface area contributed by atoms with Crippen LogP contribution in [-0.4, -0.2) is 39.5 Å². The van der Waals surface area contributed by atoms with E-state index in [1.54, 1.807) is 24.3 Å². The smallest absolute Gasteiger partial charge is 0.240 e. The minimum atomic E-state index is -3.40. The first-order valence-electron chi connectivity index (χ1n) is 8.14. The highest BCUT2D eigenvalue weighted by Crippen LogP contribution is 2.22. The minimum Gasteiger partial charge on any atom is -0.352 e. The lowest BCUT2D eigenvalue weighted by Crippen LogP contribution is -2.36. The molecule has 0 bridgehead atoms. The van der Waals surface area contributed by atoms with Gasteiger partial charge in [-0.05, 0) is 49.9 Å². The normalized spacial score (nSPS) is 20.4. The van der Waals surface area contributed by atoms with Crippen LogP contribution in [0.15, 0.2) is 29.2 Å². The van der Waals surface area contributed by atoms with Gasteiger partial charge in [0.05, 0.1) is 4.90 Å². The Morgan fingerprint density at radius 3 is 2.42 bits per heavy atom. The highest BCUT2D eigenvalue weighted by atomic mass is 35.5. The lowest BCUT2D eigenvalue weighted by atomic mass is 10.1. The molecule has 1 unspecified atom stereocenters. The highest BCUT2D eigenvalue weighted by molar-refractivity contribution is 7.89. The molecule has 6 nitrogen and oxygen atoms in total. The molecular formula is C16H24ClN3O3S. The van der Waals surface area contributed by atoms with Gasteiger partial charge in [0.15, 0.2) is 0 Å². The van der Waals surface area contributed by atoms with Crippen molar-refractivity contribution < 1.29 is 13.2 Å². The van der Waals surface area contributed by atoms with Gasteiger partial charge in [0, 0.05) is 25.0 Å². The third-order valence-electron chi connectivity index (χ3n) is 4.20. The van der Waals surface area contributed by atoms with Crippen molar-refractivity contribution in [2.75, 3.05) is 13.1 Å². The third-order valence-corrected chi connectivity index (χ3v) is 5.74. The molecule has 2 aliphatic rings. The Morgan fingerprint density at radius 2 is 1.83 bits per heavy atom. The molecule has 134 valence electrons. The van der Waals surface area contributed by atoms with Gasteiger partial charge in [0.1, 0.15) is 0 Å². The lowest BCUT2D eigenvalue weighted by Gasteiger charge is -2.11. The molecule has 1 aromatic carbocycles. The molecule has 3 N–H and O–H groups in total. The number of carbonyl (C=O) groups excluding carboxylic acids is 1. The predicted molar refractivity (Wildman–Crippen MR) is 94.8 cm³/mol. The summed E-state index contributed by atoms with van der Waals surface area (Å²) >= 11 is 0. The van der Waals surface area contributed by atoms with E-state index in [1.807, 2.05) is 0 Å². The number of halogens is 1. The second-order valence-corrected chi connectivity index (χ2v) is 8.01. The van der Waals surface area contributed by atoms with Gasteiger partial charge in [0.25, 0.3) is 0 Å². The number of hydrogen-bond acceptors (Lipinski definition) is 4. The fraction of sp³-hybridized carbons (Fsp3) is 0.562. The lowest BCUT2D eigenvalue weighted by molar-refractivity contribution is -0.121. The van der Waals surface area contributed by atoms with Crippen LogP contribution in [0.3, 0.4) is 0 Å². The van der Waals surface area contributed by atoms with Crippen molar-refractivity contribution in [2.45, 2.75) is 49.1 Å². The quantitative estimate of drug-likeness (QED) is 0.664. The van der Waals surface area contributed by atoms with Crippen molar-refractivity contribution in [1.29, 1.82) is 0 Å². The Kier molecular flexibility index (Phi) is 6.62. The molecule has 1 atom stereocenters. The SMILES string of the molecule is Cl.O=C(CCc1ccc(S(=O)(=O)NC2CC2)cc1)NC1CCNC1. The second kappa shape index (κ2) is 8.29. The number of sulfonamides is 1. The van der Waals surface area contributed by atoms with Crippen LogP contribution in [0.5, 0.6) is 0 Å². The van der Waals surface area contributed by atoms with Crippen LogP contribution in [0.4, 0.5) is 0 Å². The van der Waals surface area contributed by atoms with E-state index in [9.17, 15) is 13.2 Å². The van der Waals surface area contributed by atoms with Gasteiger partial charge in [-0.15, -0.1) is 12.4 Å². The van der Waals surface area contributed by atoms with Crippen molar-refractivity contribution >= 4 is 28.3 Å². The number of nitrogens with one attached hydrogen (secondary N) is 3. The first kappa shape index (κ1) is 19.2. The Balaban J connectivity index is 0.00000208. The number of carbonyl (C=O) groups is 1. The predicted octanol–water partition coefficient (Wildman–Crippen LogP) is 0.960. The zero-order valence-corrected chi connectivity index (χ0v) is 15.1. The van der Waals surface area contributed by atoms with Gasteiger partial charge in [-0.2, -0.15) is 0 Å². The summed E-state index contributed by atoms with van der Waals surface area (Å²) in [5.74, 6) is 0.0470. The fourth-order valence-corrected chi connectivity index (χ4v) is 3.96. The van der Waals surface area contributed by atoms with Crippen molar-refractivity contribution in [3.63, 3.8) is 0 Å². The van der Waals surface area contributed by atoms with Gasteiger partial charge in [0.2, 0.25) is 15.9 Å². The number of benzene rings is 1. The van der Waals surface area contributed by atoms with E-state index >= 15 is 0 Å². The Bertz CT molecular complexity index is 654. The first-order valence-corrected chi connectivity index (χ1v) is 9.62. The molecule has 1 aliphatic carbocycles. The van der Waals surface area contributed by atoms with Gasteiger partial charge in [-0.25, -0.2) is 13.1 Å². The maximum Gasteiger partial charge on any atom is 0.240 e. The van der Waals surface area contributed by atoms with Crippen LogP contribution in [-0.2, 0) is 21.2 Å². The van der Waals surface area contributed by atoms with Crippen LogP contribution in [0.25, 0.3) is 0 Å². The average molecular weight is 374 g/mol. The molecule has 1 amide bonds. The summed E-state index contributed by atoms with van der Waals surface area (Å²) in [7, 11) is -3.40. The zero-order chi connectivity index (χ0) is 16.3. The van der Waals surface area contributed by atoms with Gasteiger partial charge >= 0.3 is 0 Å². The van der Waals surface area contributed by atoms with Crippen molar-refractivity contribution in [1.82, 2.24) is 15.4 Å². The summed E-state index contributed by atoms with van der Waals surface area (Å²) in [6.07, 6.45) is 3.85. The molecule has 1 saturated heterocycles. The van der Waals surface area contributed by atoms with Crippen LogP contribution in [0, 0.1) is 0 Å². The van der Waals surface area contributed by atoms with Crippen molar-refractivity contribution in [3.8, 4) is 0 Å². The molecule has 0 aromatic heterocycles. The maximum absolute atomic E-state index is 12.1. The van der Waals surface area contributed by atoms with E-state index in [0.29, 0.717) is 12.8 Å². The first-order chi connectivity index (χ1) is 11.0. The largest absolute Gasteiger partial charge is 0.352 e. The van der Waals surface area contributed by atoms with Crippen LogP contribution >= 0.6 is 12.4 Å².